The molecular weight excluding hydrogens is 154 g/mol. The number of aliphatic hydroxyl groups excluding tert-OH is 1. The zero-order valence-corrected chi connectivity index (χ0v) is 6.68. The number of aliphatic carboxylic acids is 1. The van der Waals surface area contributed by atoms with Crippen molar-refractivity contribution in [2.45, 2.75) is 19.1 Å². The van der Waals surface area contributed by atoms with Gasteiger partial charge in [0, 0.05) is 0 Å². The smallest absolute Gasteiger partial charge is 0.324 e. The largest absolute Gasteiger partial charge is 0.480 e. The molecule has 10 heavy (non-hydrogen) atoms. The van der Waals surface area contributed by atoms with E-state index < -0.39 is 18.1 Å². The van der Waals surface area contributed by atoms with Gasteiger partial charge in [-0.1, -0.05) is 11.9 Å². The zero-order valence-electron chi connectivity index (χ0n) is 5.87. The van der Waals surface area contributed by atoms with E-state index in [-0.39, 0.29) is 0 Å². The molecular formula is C5H11NO3S. The molecule has 0 saturated carbocycles. The van der Waals surface area contributed by atoms with Gasteiger partial charge in [-0.3, -0.25) is 4.79 Å². The standard InChI is InChI=1S/C5H11NO3S/c1-3(7)4(5(8)9)6-10-2/h3-4,6-7H,1-2H3,(H,8,9). The predicted molar refractivity (Wildman–Crippen MR) is 39.8 cm³/mol. The number of rotatable bonds is 4. The molecule has 0 saturated heterocycles. The molecule has 0 rings (SSSR count). The second-order valence-corrected chi connectivity index (χ2v) is 2.52. The van der Waals surface area contributed by atoms with Gasteiger partial charge in [-0.15, -0.1) is 0 Å². The van der Waals surface area contributed by atoms with Crippen molar-refractivity contribution in [2.75, 3.05) is 6.26 Å². The molecule has 2 unspecified atom stereocenters. The molecule has 0 radical (unpaired) electrons. The Morgan fingerprint density at radius 1 is 1.70 bits per heavy atom. The van der Waals surface area contributed by atoms with Gasteiger partial charge in [0.05, 0.1) is 6.10 Å². The van der Waals surface area contributed by atoms with Crippen LogP contribution in [0.2, 0.25) is 0 Å². The summed E-state index contributed by atoms with van der Waals surface area (Å²) in [5.74, 6) is -1.04. The summed E-state index contributed by atoms with van der Waals surface area (Å²) in [6.45, 7) is 1.43. The van der Waals surface area contributed by atoms with Crippen molar-refractivity contribution in [1.82, 2.24) is 4.72 Å². The molecule has 3 N–H and O–H groups in total. The summed E-state index contributed by atoms with van der Waals surface area (Å²) in [6, 6.07) is -0.880. The Morgan fingerprint density at radius 2 is 2.20 bits per heavy atom. The number of carboxylic acid groups (broad SMARTS) is 1. The van der Waals surface area contributed by atoms with Crippen molar-refractivity contribution in [3.05, 3.63) is 0 Å². The Hall–Kier alpha value is -0.260. The van der Waals surface area contributed by atoms with E-state index in [1.165, 1.54) is 18.9 Å². The lowest BCUT2D eigenvalue weighted by Crippen LogP contribution is -2.41. The van der Waals surface area contributed by atoms with Crippen LogP contribution in [0.5, 0.6) is 0 Å². The molecule has 0 aliphatic heterocycles. The average Bonchev–Trinajstić information content (AvgIpc) is 1.81. The highest BCUT2D eigenvalue weighted by atomic mass is 32.2. The molecule has 5 heteroatoms. The first-order valence-corrected chi connectivity index (χ1v) is 4.01. The molecule has 0 aromatic heterocycles. The van der Waals surface area contributed by atoms with Gasteiger partial charge < -0.3 is 10.2 Å². The summed E-state index contributed by atoms with van der Waals surface area (Å²) < 4.78 is 2.55. The maximum atomic E-state index is 10.3. The summed E-state index contributed by atoms with van der Waals surface area (Å²) in [6.07, 6.45) is 0.836. The highest BCUT2D eigenvalue weighted by Gasteiger charge is 2.21. The summed E-state index contributed by atoms with van der Waals surface area (Å²) in [4.78, 5) is 10.3. The molecule has 0 fully saturated rings. The zero-order chi connectivity index (χ0) is 8.15. The molecule has 0 bridgehead atoms. The van der Waals surface area contributed by atoms with Crippen LogP contribution >= 0.6 is 11.9 Å². The van der Waals surface area contributed by atoms with Gasteiger partial charge in [-0.25, -0.2) is 4.72 Å². The minimum absolute atomic E-state index is 0.870. The highest BCUT2D eigenvalue weighted by Crippen LogP contribution is 1.97. The SMILES string of the molecule is CSNC(C(=O)O)C(C)O. The molecule has 60 valence electrons. The van der Waals surface area contributed by atoms with Crippen LogP contribution in [0.25, 0.3) is 0 Å². The van der Waals surface area contributed by atoms with E-state index in [2.05, 4.69) is 4.72 Å². The highest BCUT2D eigenvalue weighted by molar-refractivity contribution is 7.96. The number of carbonyl (C=O) groups is 1. The molecule has 0 aliphatic rings. The van der Waals surface area contributed by atoms with Crippen molar-refractivity contribution in [2.24, 2.45) is 0 Å². The third-order valence-electron chi connectivity index (χ3n) is 0.993. The Kier molecular flexibility index (Phi) is 4.42. The number of carboxylic acids is 1. The average molecular weight is 165 g/mol. The van der Waals surface area contributed by atoms with Crippen molar-refractivity contribution >= 4 is 17.9 Å². The third-order valence-corrected chi connectivity index (χ3v) is 1.48. The minimum Gasteiger partial charge on any atom is -0.480 e. The minimum atomic E-state index is -1.04. The first-order chi connectivity index (χ1) is 4.59. The Bertz CT molecular complexity index is 117. The topological polar surface area (TPSA) is 69.6 Å². The van der Waals surface area contributed by atoms with Crippen LogP contribution in [0.4, 0.5) is 0 Å². The fraction of sp³-hybridized carbons (Fsp3) is 0.800. The summed E-state index contributed by atoms with van der Waals surface area (Å²) in [5, 5.41) is 17.3. The van der Waals surface area contributed by atoms with Crippen molar-refractivity contribution in [1.29, 1.82) is 0 Å². The lowest BCUT2D eigenvalue weighted by Gasteiger charge is -2.14. The summed E-state index contributed by atoms with van der Waals surface area (Å²) in [7, 11) is 0. The van der Waals surface area contributed by atoms with Gasteiger partial charge in [-0.2, -0.15) is 0 Å². The van der Waals surface area contributed by atoms with Crippen LogP contribution in [0.1, 0.15) is 6.92 Å². The number of hydrogen-bond donors (Lipinski definition) is 3. The van der Waals surface area contributed by atoms with Crippen LogP contribution < -0.4 is 4.72 Å². The molecule has 2 atom stereocenters. The molecule has 0 aromatic rings. The Balaban J connectivity index is 3.85. The van der Waals surface area contributed by atoms with E-state index >= 15 is 0 Å². The van der Waals surface area contributed by atoms with Gasteiger partial charge in [0.2, 0.25) is 0 Å². The maximum absolute atomic E-state index is 10.3. The number of aliphatic hydroxyl groups is 1. The van der Waals surface area contributed by atoms with Gasteiger partial charge in [-0.05, 0) is 13.2 Å². The lowest BCUT2D eigenvalue weighted by atomic mass is 10.2. The first-order valence-electron chi connectivity index (χ1n) is 2.79. The maximum Gasteiger partial charge on any atom is 0.324 e. The molecule has 0 amide bonds. The van der Waals surface area contributed by atoms with Crippen molar-refractivity contribution in [3.8, 4) is 0 Å². The van der Waals surface area contributed by atoms with Crippen molar-refractivity contribution in [3.63, 3.8) is 0 Å². The second-order valence-electron chi connectivity index (χ2n) is 1.88. The second kappa shape index (κ2) is 4.54. The van der Waals surface area contributed by atoms with E-state index in [0.717, 1.165) is 0 Å². The van der Waals surface area contributed by atoms with Gasteiger partial charge in [0.1, 0.15) is 6.04 Å². The van der Waals surface area contributed by atoms with Crippen LogP contribution in [0.3, 0.4) is 0 Å². The molecule has 0 aromatic carbocycles. The Morgan fingerprint density at radius 3 is 2.30 bits per heavy atom. The molecule has 0 aliphatic carbocycles. The summed E-state index contributed by atoms with van der Waals surface area (Å²) in [5.41, 5.74) is 0. The van der Waals surface area contributed by atoms with Gasteiger partial charge in [0.15, 0.2) is 0 Å². The molecule has 0 heterocycles. The van der Waals surface area contributed by atoms with E-state index in [1.807, 2.05) is 0 Å². The van der Waals surface area contributed by atoms with Crippen LogP contribution in [0, 0.1) is 0 Å². The number of nitrogens with one attached hydrogen (secondary N) is 1. The Labute approximate surface area is 63.8 Å². The summed E-state index contributed by atoms with van der Waals surface area (Å²) >= 11 is 1.18. The van der Waals surface area contributed by atoms with E-state index in [1.54, 1.807) is 6.26 Å². The molecule has 0 spiro atoms. The van der Waals surface area contributed by atoms with E-state index in [0.29, 0.717) is 0 Å². The monoisotopic (exact) mass is 165 g/mol. The van der Waals surface area contributed by atoms with Crippen LogP contribution in [-0.2, 0) is 4.79 Å². The van der Waals surface area contributed by atoms with E-state index in [9.17, 15) is 4.79 Å². The van der Waals surface area contributed by atoms with E-state index in [4.69, 9.17) is 10.2 Å². The number of hydrogen-bond acceptors (Lipinski definition) is 4. The fourth-order valence-electron chi connectivity index (χ4n) is 0.482. The fourth-order valence-corrected chi connectivity index (χ4v) is 1.03. The molecule has 4 nitrogen and oxygen atoms in total. The predicted octanol–water partition coefficient (Wildman–Crippen LogP) is -0.312. The van der Waals surface area contributed by atoms with Gasteiger partial charge >= 0.3 is 5.97 Å². The van der Waals surface area contributed by atoms with Crippen molar-refractivity contribution < 1.29 is 15.0 Å². The third kappa shape index (κ3) is 3.05. The lowest BCUT2D eigenvalue weighted by molar-refractivity contribution is -0.141. The quantitative estimate of drug-likeness (QED) is 0.498. The first kappa shape index (κ1) is 9.74. The van der Waals surface area contributed by atoms with Crippen LogP contribution in [-0.4, -0.2) is 34.6 Å². The van der Waals surface area contributed by atoms with Crippen LogP contribution in [0.15, 0.2) is 0 Å². The normalized spacial score (nSPS) is 16.3. The van der Waals surface area contributed by atoms with Gasteiger partial charge in [0.25, 0.3) is 0 Å².